The van der Waals surface area contributed by atoms with Crippen LogP contribution in [0.15, 0.2) is 35.7 Å². The standard InChI is InChI=1S/C15H15N3OS/c1-9(19-2)14-17-13(16)12-11(8-20-15(12)18-14)10-6-4-3-5-7-10/h3-9H,1-2H3,(H2,16,17,18). The molecule has 0 bridgehead atoms. The molecule has 0 saturated heterocycles. The second kappa shape index (κ2) is 5.19. The van der Waals surface area contributed by atoms with Crippen molar-refractivity contribution in [1.82, 2.24) is 9.97 Å². The number of aromatic nitrogens is 2. The van der Waals surface area contributed by atoms with Gasteiger partial charge in [-0.1, -0.05) is 30.3 Å². The van der Waals surface area contributed by atoms with Gasteiger partial charge in [-0.15, -0.1) is 11.3 Å². The predicted molar refractivity (Wildman–Crippen MR) is 82.7 cm³/mol. The van der Waals surface area contributed by atoms with E-state index in [9.17, 15) is 0 Å². The molecule has 1 aromatic carbocycles. The molecular formula is C15H15N3OS. The van der Waals surface area contributed by atoms with Crippen LogP contribution in [0.2, 0.25) is 0 Å². The Morgan fingerprint density at radius 2 is 1.95 bits per heavy atom. The summed E-state index contributed by atoms with van der Waals surface area (Å²) in [5, 5.41) is 3.00. The summed E-state index contributed by atoms with van der Waals surface area (Å²) in [7, 11) is 1.64. The summed E-state index contributed by atoms with van der Waals surface area (Å²) in [6, 6.07) is 10.1. The lowest BCUT2D eigenvalue weighted by Crippen LogP contribution is -2.05. The van der Waals surface area contributed by atoms with Crippen LogP contribution in [0.25, 0.3) is 21.3 Å². The van der Waals surface area contributed by atoms with Gasteiger partial charge in [0.2, 0.25) is 0 Å². The molecule has 4 nitrogen and oxygen atoms in total. The molecule has 0 spiro atoms. The summed E-state index contributed by atoms with van der Waals surface area (Å²) in [5.41, 5.74) is 8.34. The first-order valence-corrected chi connectivity index (χ1v) is 7.21. The van der Waals surface area contributed by atoms with E-state index in [1.807, 2.05) is 25.1 Å². The number of nitrogens with zero attached hydrogens (tertiary/aromatic N) is 2. The highest BCUT2D eigenvalue weighted by Crippen LogP contribution is 2.36. The zero-order valence-electron chi connectivity index (χ0n) is 11.3. The van der Waals surface area contributed by atoms with Gasteiger partial charge in [0, 0.05) is 18.1 Å². The molecule has 1 atom stereocenters. The van der Waals surface area contributed by atoms with E-state index in [0.717, 1.165) is 21.3 Å². The fourth-order valence-corrected chi connectivity index (χ4v) is 3.07. The van der Waals surface area contributed by atoms with Crippen LogP contribution in [0, 0.1) is 0 Å². The first-order chi connectivity index (χ1) is 9.70. The van der Waals surface area contributed by atoms with Gasteiger partial charge in [-0.25, -0.2) is 9.97 Å². The van der Waals surface area contributed by atoms with Gasteiger partial charge in [0.15, 0.2) is 5.82 Å². The Morgan fingerprint density at radius 3 is 2.65 bits per heavy atom. The van der Waals surface area contributed by atoms with Crippen LogP contribution >= 0.6 is 11.3 Å². The molecular weight excluding hydrogens is 270 g/mol. The minimum Gasteiger partial charge on any atom is -0.383 e. The molecule has 3 aromatic rings. The molecule has 0 aliphatic heterocycles. The maximum atomic E-state index is 6.13. The predicted octanol–water partition coefficient (Wildman–Crippen LogP) is 3.65. The van der Waals surface area contributed by atoms with E-state index in [0.29, 0.717) is 11.6 Å². The van der Waals surface area contributed by atoms with Gasteiger partial charge in [0.1, 0.15) is 16.8 Å². The van der Waals surface area contributed by atoms with Crippen molar-refractivity contribution < 1.29 is 4.74 Å². The Balaban J connectivity index is 2.19. The van der Waals surface area contributed by atoms with Crippen LogP contribution < -0.4 is 5.73 Å². The third kappa shape index (κ3) is 2.15. The van der Waals surface area contributed by atoms with E-state index >= 15 is 0 Å². The van der Waals surface area contributed by atoms with Crippen molar-refractivity contribution in [3.8, 4) is 11.1 Å². The van der Waals surface area contributed by atoms with Gasteiger partial charge in [0.25, 0.3) is 0 Å². The van der Waals surface area contributed by atoms with Crippen LogP contribution in [0.3, 0.4) is 0 Å². The largest absolute Gasteiger partial charge is 0.383 e. The van der Waals surface area contributed by atoms with E-state index in [1.165, 1.54) is 0 Å². The SMILES string of the molecule is COC(C)c1nc(N)c2c(-c3ccccc3)csc2n1. The molecule has 0 aliphatic carbocycles. The maximum absolute atomic E-state index is 6.13. The summed E-state index contributed by atoms with van der Waals surface area (Å²) in [4.78, 5) is 9.83. The number of thiophene rings is 1. The fourth-order valence-electron chi connectivity index (χ4n) is 2.10. The highest BCUT2D eigenvalue weighted by molar-refractivity contribution is 7.17. The van der Waals surface area contributed by atoms with Crippen molar-refractivity contribution in [1.29, 1.82) is 0 Å². The monoisotopic (exact) mass is 285 g/mol. The third-order valence-corrected chi connectivity index (χ3v) is 4.15. The Kier molecular flexibility index (Phi) is 3.38. The Bertz CT molecular complexity index is 739. The molecule has 20 heavy (non-hydrogen) atoms. The van der Waals surface area contributed by atoms with Gasteiger partial charge in [-0.05, 0) is 12.5 Å². The summed E-state index contributed by atoms with van der Waals surface area (Å²) in [5.74, 6) is 1.13. The van der Waals surface area contributed by atoms with Gasteiger partial charge in [0.05, 0.1) is 5.39 Å². The lowest BCUT2D eigenvalue weighted by molar-refractivity contribution is 0.112. The molecule has 5 heteroatoms. The minimum atomic E-state index is -0.163. The first kappa shape index (κ1) is 13.0. The van der Waals surface area contributed by atoms with E-state index in [1.54, 1.807) is 18.4 Å². The Hall–Kier alpha value is -1.98. The van der Waals surface area contributed by atoms with E-state index < -0.39 is 0 Å². The zero-order chi connectivity index (χ0) is 14.1. The smallest absolute Gasteiger partial charge is 0.160 e. The highest BCUT2D eigenvalue weighted by Gasteiger charge is 2.16. The van der Waals surface area contributed by atoms with Crippen molar-refractivity contribution in [2.75, 3.05) is 12.8 Å². The van der Waals surface area contributed by atoms with Crippen LogP contribution in [0.4, 0.5) is 5.82 Å². The molecule has 0 fully saturated rings. The van der Waals surface area contributed by atoms with Gasteiger partial charge < -0.3 is 10.5 Å². The van der Waals surface area contributed by atoms with Crippen molar-refractivity contribution in [3.63, 3.8) is 0 Å². The van der Waals surface area contributed by atoms with Crippen molar-refractivity contribution in [2.24, 2.45) is 0 Å². The number of benzene rings is 1. The number of hydrogen-bond acceptors (Lipinski definition) is 5. The summed E-state index contributed by atoms with van der Waals surface area (Å²) >= 11 is 1.58. The van der Waals surface area contributed by atoms with Crippen LogP contribution in [0.5, 0.6) is 0 Å². The average molecular weight is 285 g/mol. The normalized spacial score (nSPS) is 12.7. The summed E-state index contributed by atoms with van der Waals surface area (Å²) in [6.07, 6.45) is -0.163. The molecule has 102 valence electrons. The number of nitrogens with two attached hydrogens (primary N) is 1. The van der Waals surface area contributed by atoms with Gasteiger partial charge in [-0.3, -0.25) is 0 Å². The lowest BCUT2D eigenvalue weighted by Gasteiger charge is -2.09. The second-order valence-corrected chi connectivity index (χ2v) is 5.40. The molecule has 3 rings (SSSR count). The summed E-state index contributed by atoms with van der Waals surface area (Å²) in [6.45, 7) is 1.91. The average Bonchev–Trinajstić information content (AvgIpc) is 2.91. The maximum Gasteiger partial charge on any atom is 0.160 e. The molecule has 0 aliphatic rings. The minimum absolute atomic E-state index is 0.163. The number of ether oxygens (including phenoxy) is 1. The lowest BCUT2D eigenvalue weighted by atomic mass is 10.1. The van der Waals surface area contributed by atoms with Crippen LogP contribution in [-0.4, -0.2) is 17.1 Å². The first-order valence-electron chi connectivity index (χ1n) is 6.33. The zero-order valence-corrected chi connectivity index (χ0v) is 12.1. The fraction of sp³-hybridized carbons (Fsp3) is 0.200. The quantitative estimate of drug-likeness (QED) is 0.798. The molecule has 1 unspecified atom stereocenters. The molecule has 0 saturated carbocycles. The van der Waals surface area contributed by atoms with E-state index in [2.05, 4.69) is 27.5 Å². The number of fused-ring (bicyclic) bond motifs is 1. The van der Waals surface area contributed by atoms with Crippen molar-refractivity contribution in [2.45, 2.75) is 13.0 Å². The summed E-state index contributed by atoms with van der Waals surface area (Å²) < 4.78 is 5.26. The van der Waals surface area contributed by atoms with Crippen LogP contribution in [-0.2, 0) is 4.74 Å². The van der Waals surface area contributed by atoms with E-state index in [-0.39, 0.29) is 6.10 Å². The molecule has 0 amide bonds. The second-order valence-electron chi connectivity index (χ2n) is 4.54. The Morgan fingerprint density at radius 1 is 1.20 bits per heavy atom. The number of methoxy groups -OCH3 is 1. The Labute approximate surface area is 121 Å². The molecule has 2 N–H and O–H groups in total. The van der Waals surface area contributed by atoms with Crippen molar-refractivity contribution in [3.05, 3.63) is 41.5 Å². The topological polar surface area (TPSA) is 61.0 Å². The number of hydrogen-bond donors (Lipinski definition) is 1. The number of nitrogen functional groups attached to an aromatic ring is 1. The number of rotatable bonds is 3. The molecule has 2 heterocycles. The van der Waals surface area contributed by atoms with Gasteiger partial charge >= 0.3 is 0 Å². The molecule has 0 radical (unpaired) electrons. The van der Waals surface area contributed by atoms with Crippen LogP contribution in [0.1, 0.15) is 18.9 Å². The highest BCUT2D eigenvalue weighted by atomic mass is 32.1. The van der Waals surface area contributed by atoms with Gasteiger partial charge in [-0.2, -0.15) is 0 Å². The molecule has 2 aromatic heterocycles. The van der Waals surface area contributed by atoms with E-state index in [4.69, 9.17) is 10.5 Å². The number of anilines is 1. The van der Waals surface area contributed by atoms with Crippen molar-refractivity contribution >= 4 is 27.4 Å². The third-order valence-electron chi connectivity index (χ3n) is 3.28.